The topological polar surface area (TPSA) is 61.8 Å². The van der Waals surface area contributed by atoms with Gasteiger partial charge in [-0.25, -0.2) is 0 Å². The Balaban J connectivity index is 2.43. The third kappa shape index (κ3) is 3.02. The van der Waals surface area contributed by atoms with E-state index < -0.39 is 24.3 Å². The minimum atomic E-state index is -0.735. The van der Waals surface area contributed by atoms with Gasteiger partial charge in [0.1, 0.15) is 0 Å². The van der Waals surface area contributed by atoms with Crippen LogP contribution < -0.4 is 0 Å². The summed E-state index contributed by atoms with van der Waals surface area (Å²) < 4.78 is 14.7. The first kappa shape index (κ1) is 9.98. The second-order valence-electron chi connectivity index (χ2n) is 2.79. The summed E-state index contributed by atoms with van der Waals surface area (Å²) >= 11 is 0. The van der Waals surface area contributed by atoms with E-state index in [0.717, 1.165) is 0 Å². The van der Waals surface area contributed by atoms with Crippen molar-refractivity contribution in [2.45, 2.75) is 32.7 Å². The summed E-state index contributed by atoms with van der Waals surface area (Å²) in [6, 6.07) is 0. The molecule has 1 rings (SSSR count). The van der Waals surface area contributed by atoms with Gasteiger partial charge in [0, 0.05) is 20.3 Å². The van der Waals surface area contributed by atoms with E-state index in [4.69, 9.17) is 14.2 Å². The van der Waals surface area contributed by atoms with E-state index in [-0.39, 0.29) is 0 Å². The predicted molar refractivity (Wildman–Crippen MR) is 41.7 cm³/mol. The van der Waals surface area contributed by atoms with Crippen molar-refractivity contribution in [3.63, 3.8) is 0 Å². The Morgan fingerprint density at radius 3 is 2.38 bits per heavy atom. The van der Waals surface area contributed by atoms with Gasteiger partial charge in [0.05, 0.1) is 6.61 Å². The van der Waals surface area contributed by atoms with Crippen molar-refractivity contribution in [1.82, 2.24) is 0 Å². The van der Waals surface area contributed by atoms with E-state index in [1.54, 1.807) is 0 Å². The predicted octanol–water partition coefficient (Wildman–Crippen LogP) is 0.228. The molecule has 0 radical (unpaired) electrons. The molecule has 0 saturated carbocycles. The zero-order valence-electron chi connectivity index (χ0n) is 7.61. The van der Waals surface area contributed by atoms with Gasteiger partial charge in [-0.1, -0.05) is 0 Å². The Morgan fingerprint density at radius 2 is 1.85 bits per heavy atom. The third-order valence-electron chi connectivity index (χ3n) is 1.59. The van der Waals surface area contributed by atoms with E-state index >= 15 is 0 Å². The van der Waals surface area contributed by atoms with Gasteiger partial charge in [-0.2, -0.15) is 0 Å². The Labute approximate surface area is 76.0 Å². The quantitative estimate of drug-likeness (QED) is 0.580. The van der Waals surface area contributed by atoms with Crippen molar-refractivity contribution in [3.8, 4) is 0 Å². The van der Waals surface area contributed by atoms with Crippen LogP contribution in [0.25, 0.3) is 0 Å². The van der Waals surface area contributed by atoms with Crippen molar-refractivity contribution in [1.29, 1.82) is 0 Å². The summed E-state index contributed by atoms with van der Waals surface area (Å²) in [5.41, 5.74) is 0. The van der Waals surface area contributed by atoms with Crippen LogP contribution in [0.1, 0.15) is 20.3 Å². The van der Waals surface area contributed by atoms with Crippen molar-refractivity contribution in [2.75, 3.05) is 6.61 Å². The molecule has 1 aliphatic heterocycles. The standard InChI is InChI=1S/C8H12O5/c1-5(9)12-7-3-4-11-8(7)13-6(2)10/h7-8H,3-4H2,1-2H3. The highest BCUT2D eigenvalue weighted by atomic mass is 16.7. The lowest BCUT2D eigenvalue weighted by Crippen LogP contribution is -2.30. The Kier molecular flexibility index (Phi) is 3.25. The number of carbonyl (C=O) groups is 2. The number of hydrogen-bond acceptors (Lipinski definition) is 5. The molecule has 0 amide bonds. The first-order valence-corrected chi connectivity index (χ1v) is 4.05. The summed E-state index contributed by atoms with van der Waals surface area (Å²) in [5, 5.41) is 0. The van der Waals surface area contributed by atoms with Crippen molar-refractivity contribution in [2.24, 2.45) is 0 Å². The lowest BCUT2D eigenvalue weighted by atomic mass is 10.3. The lowest BCUT2D eigenvalue weighted by Gasteiger charge is -2.17. The number of hydrogen-bond donors (Lipinski definition) is 0. The molecule has 0 bridgehead atoms. The molecule has 1 saturated heterocycles. The molecule has 0 aliphatic carbocycles. The van der Waals surface area contributed by atoms with Gasteiger partial charge in [-0.05, 0) is 0 Å². The lowest BCUT2D eigenvalue weighted by molar-refractivity contribution is -0.189. The molecule has 0 spiro atoms. The minimum Gasteiger partial charge on any atom is -0.456 e. The van der Waals surface area contributed by atoms with E-state index in [1.165, 1.54) is 13.8 Å². The van der Waals surface area contributed by atoms with E-state index in [0.29, 0.717) is 13.0 Å². The maximum atomic E-state index is 10.6. The number of carbonyl (C=O) groups excluding carboxylic acids is 2. The van der Waals surface area contributed by atoms with Crippen LogP contribution in [0.3, 0.4) is 0 Å². The van der Waals surface area contributed by atoms with Crippen LogP contribution in [0, 0.1) is 0 Å². The third-order valence-corrected chi connectivity index (χ3v) is 1.59. The average molecular weight is 188 g/mol. The maximum absolute atomic E-state index is 10.6. The van der Waals surface area contributed by atoms with E-state index in [1.807, 2.05) is 0 Å². The van der Waals surface area contributed by atoms with Crippen LogP contribution in [0.2, 0.25) is 0 Å². The molecule has 0 aromatic rings. The first-order valence-electron chi connectivity index (χ1n) is 4.05. The van der Waals surface area contributed by atoms with Crippen LogP contribution in [0.4, 0.5) is 0 Å². The minimum absolute atomic E-state index is 0.396. The van der Waals surface area contributed by atoms with Crippen LogP contribution in [-0.4, -0.2) is 30.9 Å². The molecule has 0 aromatic carbocycles. The molecule has 1 aliphatic rings. The highest BCUT2D eigenvalue weighted by molar-refractivity contribution is 5.67. The molecular weight excluding hydrogens is 176 g/mol. The molecule has 0 aromatic heterocycles. The monoisotopic (exact) mass is 188 g/mol. The normalized spacial score (nSPS) is 26.9. The summed E-state index contributed by atoms with van der Waals surface area (Å²) in [6.07, 6.45) is -0.625. The SMILES string of the molecule is CC(=O)OC1CCOC1OC(C)=O. The van der Waals surface area contributed by atoms with Crippen LogP contribution >= 0.6 is 0 Å². The Morgan fingerprint density at radius 1 is 1.23 bits per heavy atom. The zero-order chi connectivity index (χ0) is 9.84. The molecule has 2 unspecified atom stereocenters. The molecule has 5 heteroatoms. The fourth-order valence-electron chi connectivity index (χ4n) is 1.14. The fourth-order valence-corrected chi connectivity index (χ4v) is 1.14. The highest BCUT2D eigenvalue weighted by Gasteiger charge is 2.33. The van der Waals surface area contributed by atoms with Gasteiger partial charge in [0.15, 0.2) is 6.10 Å². The van der Waals surface area contributed by atoms with Crippen molar-refractivity contribution < 1.29 is 23.8 Å². The molecule has 2 atom stereocenters. The molecule has 0 N–H and O–H groups in total. The maximum Gasteiger partial charge on any atom is 0.305 e. The molecule has 5 nitrogen and oxygen atoms in total. The van der Waals surface area contributed by atoms with Gasteiger partial charge in [0.2, 0.25) is 6.29 Å². The van der Waals surface area contributed by atoms with Gasteiger partial charge in [0.25, 0.3) is 0 Å². The van der Waals surface area contributed by atoms with E-state index in [9.17, 15) is 9.59 Å². The molecule has 74 valence electrons. The fraction of sp³-hybridized carbons (Fsp3) is 0.750. The first-order chi connectivity index (χ1) is 6.09. The van der Waals surface area contributed by atoms with Crippen LogP contribution in [-0.2, 0) is 23.8 Å². The zero-order valence-corrected chi connectivity index (χ0v) is 7.61. The van der Waals surface area contributed by atoms with Crippen LogP contribution in [0.15, 0.2) is 0 Å². The molecular formula is C8H12O5. The smallest absolute Gasteiger partial charge is 0.305 e. The average Bonchev–Trinajstić information content (AvgIpc) is 2.34. The number of ether oxygens (including phenoxy) is 3. The largest absolute Gasteiger partial charge is 0.456 e. The molecule has 1 heterocycles. The summed E-state index contributed by atoms with van der Waals surface area (Å²) in [5.74, 6) is -0.836. The molecule has 1 fully saturated rings. The summed E-state index contributed by atoms with van der Waals surface area (Å²) in [4.78, 5) is 21.2. The second kappa shape index (κ2) is 4.23. The van der Waals surface area contributed by atoms with Gasteiger partial charge in [-0.3, -0.25) is 9.59 Å². The number of rotatable bonds is 2. The van der Waals surface area contributed by atoms with Gasteiger partial charge >= 0.3 is 11.9 Å². The van der Waals surface area contributed by atoms with Crippen molar-refractivity contribution >= 4 is 11.9 Å². The van der Waals surface area contributed by atoms with Crippen molar-refractivity contribution in [3.05, 3.63) is 0 Å². The summed E-state index contributed by atoms with van der Waals surface area (Å²) in [6.45, 7) is 3.03. The van der Waals surface area contributed by atoms with Crippen LogP contribution in [0.5, 0.6) is 0 Å². The summed E-state index contributed by atoms with van der Waals surface area (Å²) in [7, 11) is 0. The molecule has 13 heavy (non-hydrogen) atoms. The van der Waals surface area contributed by atoms with E-state index in [2.05, 4.69) is 0 Å². The second-order valence-corrected chi connectivity index (χ2v) is 2.79. The van der Waals surface area contributed by atoms with Gasteiger partial charge in [-0.15, -0.1) is 0 Å². The highest BCUT2D eigenvalue weighted by Crippen LogP contribution is 2.18. The van der Waals surface area contributed by atoms with Gasteiger partial charge < -0.3 is 14.2 Å². The Bertz CT molecular complexity index is 191. The Hall–Kier alpha value is -1.10. The number of esters is 2.